The lowest BCUT2D eigenvalue weighted by atomic mass is 9.65. The minimum absolute atomic E-state index is 0.0124. The number of halogens is 2. The molecule has 30 heavy (non-hydrogen) atoms. The largest absolute Gasteiger partial charge is 0.506 e. The molecule has 154 valence electrons. The molecule has 0 spiro atoms. The number of benzene rings is 1. The number of alkyl halides is 1. The topological polar surface area (TPSA) is 114 Å². The van der Waals surface area contributed by atoms with E-state index in [2.05, 4.69) is 20.5 Å². The number of primary amides is 1. The van der Waals surface area contributed by atoms with E-state index in [-0.39, 0.29) is 36.4 Å². The number of phenols is 1. The quantitative estimate of drug-likeness (QED) is 0.575. The number of pyridine rings is 1. The molecule has 0 atom stereocenters. The summed E-state index contributed by atoms with van der Waals surface area (Å²) in [7, 11) is 0. The van der Waals surface area contributed by atoms with Gasteiger partial charge in [-0.25, -0.2) is 8.78 Å². The number of hydrogen-bond donors (Lipinski definition) is 3. The summed E-state index contributed by atoms with van der Waals surface area (Å²) in [5.41, 5.74) is 5.39. The summed E-state index contributed by atoms with van der Waals surface area (Å²) in [5.74, 6) is -1.08. The highest BCUT2D eigenvalue weighted by Gasteiger charge is 2.48. The van der Waals surface area contributed by atoms with Crippen molar-refractivity contribution in [3.8, 4) is 17.0 Å². The Labute approximate surface area is 171 Å². The van der Waals surface area contributed by atoms with Crippen LogP contribution in [0, 0.1) is 5.82 Å². The summed E-state index contributed by atoms with van der Waals surface area (Å²) >= 11 is 0. The Kier molecular flexibility index (Phi) is 5.03. The molecule has 2 heterocycles. The molecule has 2 aromatic heterocycles. The van der Waals surface area contributed by atoms with E-state index >= 15 is 0 Å². The molecule has 1 amide bonds. The van der Waals surface area contributed by atoms with E-state index in [0.29, 0.717) is 17.1 Å². The van der Waals surface area contributed by atoms with E-state index in [9.17, 15) is 18.7 Å². The van der Waals surface area contributed by atoms with Crippen molar-refractivity contribution in [2.45, 2.75) is 24.4 Å². The number of nitrogens with one attached hydrogen (secondary N) is 1. The molecule has 1 aliphatic rings. The van der Waals surface area contributed by atoms with Crippen LogP contribution in [-0.4, -0.2) is 38.9 Å². The first-order chi connectivity index (χ1) is 14.4. The van der Waals surface area contributed by atoms with Crippen LogP contribution in [0.3, 0.4) is 0 Å². The van der Waals surface area contributed by atoms with Crippen molar-refractivity contribution >= 4 is 11.7 Å². The maximum atomic E-state index is 14.2. The van der Waals surface area contributed by atoms with Gasteiger partial charge in [-0.15, -0.1) is 10.2 Å². The predicted molar refractivity (Wildman–Crippen MR) is 106 cm³/mol. The summed E-state index contributed by atoms with van der Waals surface area (Å²) in [6.07, 6.45) is 0.843. The summed E-state index contributed by atoms with van der Waals surface area (Å²) in [5, 5.41) is 21.5. The Morgan fingerprint density at radius 1 is 1.20 bits per heavy atom. The SMILES string of the molecule is NC(=O)c1cccc(-c2ccc(NC[C@]3(c4ncccc4F)C[C@H](F)C3)nn2)c1O. The fourth-order valence-electron chi connectivity index (χ4n) is 3.76. The molecule has 7 nitrogen and oxygen atoms in total. The molecule has 4 rings (SSSR count). The van der Waals surface area contributed by atoms with Crippen LogP contribution < -0.4 is 11.1 Å². The van der Waals surface area contributed by atoms with Gasteiger partial charge < -0.3 is 16.2 Å². The summed E-state index contributed by atoms with van der Waals surface area (Å²) in [6, 6.07) is 10.6. The number of carbonyl (C=O) groups is 1. The average Bonchev–Trinajstić information content (AvgIpc) is 2.71. The van der Waals surface area contributed by atoms with Crippen molar-refractivity contribution in [3.05, 3.63) is 65.7 Å². The van der Waals surface area contributed by atoms with Crippen LogP contribution in [0.1, 0.15) is 28.9 Å². The number of hydrogen-bond acceptors (Lipinski definition) is 6. The van der Waals surface area contributed by atoms with Gasteiger partial charge in [-0.2, -0.15) is 0 Å². The van der Waals surface area contributed by atoms with Crippen molar-refractivity contribution in [2.75, 3.05) is 11.9 Å². The summed E-state index contributed by atoms with van der Waals surface area (Å²) in [6.45, 7) is 0.248. The number of nitrogens with zero attached hydrogens (tertiary/aromatic N) is 3. The predicted octanol–water partition coefficient (Wildman–Crippen LogP) is 2.96. The van der Waals surface area contributed by atoms with Gasteiger partial charge in [0.1, 0.15) is 23.6 Å². The number of nitrogens with two attached hydrogens (primary N) is 1. The lowest BCUT2D eigenvalue weighted by Crippen LogP contribution is -2.49. The lowest BCUT2D eigenvalue weighted by molar-refractivity contribution is 0.0963. The second-order valence-electron chi connectivity index (χ2n) is 7.34. The highest BCUT2D eigenvalue weighted by Crippen LogP contribution is 2.45. The third-order valence-electron chi connectivity index (χ3n) is 5.34. The van der Waals surface area contributed by atoms with Gasteiger partial charge in [0.05, 0.1) is 17.0 Å². The molecule has 1 fully saturated rings. The lowest BCUT2D eigenvalue weighted by Gasteiger charge is -2.44. The van der Waals surface area contributed by atoms with Crippen molar-refractivity contribution in [1.82, 2.24) is 15.2 Å². The second kappa shape index (κ2) is 7.66. The van der Waals surface area contributed by atoms with E-state index in [1.807, 2.05) is 0 Å². The summed E-state index contributed by atoms with van der Waals surface area (Å²) in [4.78, 5) is 15.5. The smallest absolute Gasteiger partial charge is 0.252 e. The molecular formula is C21H19F2N5O2. The fourth-order valence-corrected chi connectivity index (χ4v) is 3.76. The summed E-state index contributed by atoms with van der Waals surface area (Å²) < 4.78 is 27.9. The van der Waals surface area contributed by atoms with E-state index < -0.39 is 23.3 Å². The fraction of sp³-hybridized carbons (Fsp3) is 0.238. The maximum Gasteiger partial charge on any atom is 0.252 e. The van der Waals surface area contributed by atoms with Crippen LogP contribution in [0.5, 0.6) is 5.75 Å². The average molecular weight is 411 g/mol. The molecule has 4 N–H and O–H groups in total. The van der Waals surface area contributed by atoms with Gasteiger partial charge >= 0.3 is 0 Å². The second-order valence-corrected chi connectivity index (χ2v) is 7.34. The molecule has 1 aromatic carbocycles. The molecule has 0 radical (unpaired) electrons. The number of anilines is 1. The minimum Gasteiger partial charge on any atom is -0.506 e. The standard InChI is InChI=1S/C21H19F2N5O2/c22-12-9-21(10-12,19-15(23)5-2-8-25-19)11-26-17-7-6-16(27-28-17)13-3-1-4-14(18(13)29)20(24)30/h1-8,12,29H,9-11H2,(H2,24,30)(H,26,28)/t12-,21-. The minimum atomic E-state index is -0.998. The van der Waals surface area contributed by atoms with Gasteiger partial charge in [-0.05, 0) is 49.2 Å². The molecular weight excluding hydrogens is 392 g/mol. The molecule has 9 heteroatoms. The Morgan fingerprint density at radius 2 is 2.00 bits per heavy atom. The number of para-hydroxylation sites is 1. The van der Waals surface area contributed by atoms with Gasteiger partial charge in [0.25, 0.3) is 5.91 Å². The number of aromatic nitrogens is 3. The van der Waals surface area contributed by atoms with Crippen molar-refractivity contribution in [1.29, 1.82) is 0 Å². The molecule has 1 saturated carbocycles. The number of rotatable bonds is 6. The first kappa shape index (κ1) is 19.7. The number of aromatic hydroxyl groups is 1. The van der Waals surface area contributed by atoms with E-state index in [4.69, 9.17) is 5.73 Å². The first-order valence-corrected chi connectivity index (χ1v) is 9.34. The zero-order chi connectivity index (χ0) is 21.3. The first-order valence-electron chi connectivity index (χ1n) is 9.34. The van der Waals surface area contributed by atoms with Crippen LogP contribution in [0.2, 0.25) is 0 Å². The Hall–Kier alpha value is -3.62. The number of amides is 1. The number of carbonyl (C=O) groups excluding carboxylic acids is 1. The van der Waals surface area contributed by atoms with Gasteiger partial charge in [0.15, 0.2) is 0 Å². The van der Waals surface area contributed by atoms with Gasteiger partial charge in [-0.3, -0.25) is 9.78 Å². The van der Waals surface area contributed by atoms with Crippen molar-refractivity contribution < 1.29 is 18.7 Å². The molecule has 0 bridgehead atoms. The monoisotopic (exact) mass is 411 g/mol. The van der Waals surface area contributed by atoms with Crippen LogP contribution in [0.25, 0.3) is 11.3 Å². The third-order valence-corrected chi connectivity index (χ3v) is 5.34. The third kappa shape index (κ3) is 3.54. The van der Waals surface area contributed by atoms with Crippen molar-refractivity contribution in [2.24, 2.45) is 5.73 Å². The highest BCUT2D eigenvalue weighted by atomic mass is 19.1. The molecule has 0 unspecified atom stereocenters. The maximum absolute atomic E-state index is 14.2. The zero-order valence-electron chi connectivity index (χ0n) is 15.8. The van der Waals surface area contributed by atoms with E-state index in [0.717, 1.165) is 0 Å². The van der Waals surface area contributed by atoms with Crippen LogP contribution in [0.15, 0.2) is 48.7 Å². The Morgan fingerprint density at radius 3 is 2.63 bits per heavy atom. The van der Waals surface area contributed by atoms with E-state index in [1.54, 1.807) is 24.3 Å². The van der Waals surface area contributed by atoms with Gasteiger partial charge in [0, 0.05) is 23.7 Å². The highest BCUT2D eigenvalue weighted by molar-refractivity contribution is 5.97. The van der Waals surface area contributed by atoms with Crippen LogP contribution in [-0.2, 0) is 5.41 Å². The molecule has 0 saturated heterocycles. The van der Waals surface area contributed by atoms with Gasteiger partial charge in [-0.1, -0.05) is 6.07 Å². The normalized spacial score (nSPS) is 20.4. The van der Waals surface area contributed by atoms with Crippen molar-refractivity contribution in [3.63, 3.8) is 0 Å². The van der Waals surface area contributed by atoms with Crippen LogP contribution in [0.4, 0.5) is 14.6 Å². The van der Waals surface area contributed by atoms with Gasteiger partial charge in [0.2, 0.25) is 0 Å². The molecule has 3 aromatic rings. The Bertz CT molecular complexity index is 1090. The van der Waals surface area contributed by atoms with E-state index in [1.165, 1.54) is 24.4 Å². The Balaban J connectivity index is 1.52. The molecule has 1 aliphatic carbocycles. The zero-order valence-corrected chi connectivity index (χ0v) is 15.8. The molecule has 0 aliphatic heterocycles. The van der Waals surface area contributed by atoms with Crippen LogP contribution >= 0.6 is 0 Å².